The maximum atomic E-state index is 12.5. The molecule has 1 aromatic heterocycles. The summed E-state index contributed by atoms with van der Waals surface area (Å²) in [5.74, 6) is 0.0697. The minimum atomic E-state index is 0. The predicted octanol–water partition coefficient (Wildman–Crippen LogP) is 1.12. The van der Waals surface area contributed by atoms with Crippen molar-refractivity contribution in [1.82, 2.24) is 25.2 Å². The summed E-state index contributed by atoms with van der Waals surface area (Å²) in [6.07, 6.45) is 3.38. The minimum absolute atomic E-state index is 0. The highest BCUT2D eigenvalue weighted by Gasteiger charge is 2.21. The van der Waals surface area contributed by atoms with Crippen molar-refractivity contribution < 1.29 is 4.79 Å². The second-order valence-corrected chi connectivity index (χ2v) is 5.00. The molecule has 2 aromatic rings. The number of carbonyl (C=O) groups excluding carboxylic acids is 1. The zero-order valence-electron chi connectivity index (χ0n) is 11.8. The number of piperazine rings is 1. The molecule has 0 spiro atoms. The van der Waals surface area contributed by atoms with Crippen molar-refractivity contribution in [2.45, 2.75) is 13.0 Å². The Balaban J connectivity index is 0.00000161. The third kappa shape index (κ3) is 3.40. The van der Waals surface area contributed by atoms with Gasteiger partial charge in [-0.05, 0) is 25.1 Å². The van der Waals surface area contributed by atoms with Crippen molar-refractivity contribution in [1.29, 1.82) is 0 Å². The molecule has 1 N–H and O–H groups in total. The first-order valence-electron chi connectivity index (χ1n) is 6.73. The van der Waals surface area contributed by atoms with Gasteiger partial charge in [-0.1, -0.05) is 11.3 Å². The van der Waals surface area contributed by atoms with E-state index in [1.807, 2.05) is 29.2 Å². The molecule has 1 aliphatic rings. The number of rotatable bonds is 2. The van der Waals surface area contributed by atoms with E-state index in [0.717, 1.165) is 25.3 Å². The fourth-order valence-corrected chi connectivity index (χ4v) is 2.43. The number of halogens is 1. The van der Waals surface area contributed by atoms with E-state index < -0.39 is 0 Å². The summed E-state index contributed by atoms with van der Waals surface area (Å²) < 4.78 is 1.65. The van der Waals surface area contributed by atoms with Gasteiger partial charge in [-0.3, -0.25) is 4.79 Å². The summed E-state index contributed by atoms with van der Waals surface area (Å²) in [6, 6.07) is 7.81. The second kappa shape index (κ2) is 6.69. The summed E-state index contributed by atoms with van der Waals surface area (Å²) >= 11 is 0. The van der Waals surface area contributed by atoms with E-state index in [1.54, 1.807) is 17.1 Å². The zero-order chi connectivity index (χ0) is 13.9. The molecule has 0 unspecified atom stereocenters. The molecule has 1 aliphatic heterocycles. The van der Waals surface area contributed by atoms with Crippen LogP contribution in [0.15, 0.2) is 36.7 Å². The summed E-state index contributed by atoms with van der Waals surface area (Å²) in [6.45, 7) is 4.42. The van der Waals surface area contributed by atoms with E-state index in [9.17, 15) is 4.79 Å². The standard InChI is InChI=1S/C14H17N5O.ClH/c1-11-10-18(7-5-15-11)14(20)12-3-2-4-13(9-12)19-8-6-16-17-19;/h2-4,6,8-9,11,15H,5,7,10H2,1H3;1H/t11-;/m1./s1. The molecule has 7 heteroatoms. The molecule has 6 nitrogen and oxygen atoms in total. The number of nitrogens with one attached hydrogen (secondary N) is 1. The quantitative estimate of drug-likeness (QED) is 0.903. The van der Waals surface area contributed by atoms with Crippen molar-refractivity contribution in [3.05, 3.63) is 42.2 Å². The van der Waals surface area contributed by atoms with Crippen molar-refractivity contribution in [2.75, 3.05) is 19.6 Å². The Kier molecular flexibility index (Phi) is 4.93. The van der Waals surface area contributed by atoms with Crippen LogP contribution in [-0.4, -0.2) is 51.5 Å². The van der Waals surface area contributed by atoms with Gasteiger partial charge in [0.2, 0.25) is 0 Å². The largest absolute Gasteiger partial charge is 0.336 e. The highest BCUT2D eigenvalue weighted by molar-refractivity contribution is 5.94. The van der Waals surface area contributed by atoms with Crippen molar-refractivity contribution in [3.8, 4) is 5.69 Å². The number of benzene rings is 1. The summed E-state index contributed by atoms with van der Waals surface area (Å²) in [5.41, 5.74) is 1.53. The van der Waals surface area contributed by atoms with Gasteiger partial charge in [0.25, 0.3) is 5.91 Å². The number of amides is 1. The Morgan fingerprint density at radius 1 is 1.43 bits per heavy atom. The fourth-order valence-electron chi connectivity index (χ4n) is 2.43. The zero-order valence-corrected chi connectivity index (χ0v) is 12.6. The monoisotopic (exact) mass is 307 g/mol. The Labute approximate surface area is 129 Å². The molecule has 1 saturated heterocycles. The van der Waals surface area contributed by atoms with Crippen LogP contribution in [-0.2, 0) is 0 Å². The highest BCUT2D eigenvalue weighted by Crippen LogP contribution is 2.12. The van der Waals surface area contributed by atoms with Gasteiger partial charge in [-0.2, -0.15) is 0 Å². The van der Waals surface area contributed by atoms with Crippen LogP contribution in [0.2, 0.25) is 0 Å². The number of carbonyl (C=O) groups is 1. The number of hydrogen-bond donors (Lipinski definition) is 1. The lowest BCUT2D eigenvalue weighted by atomic mass is 10.1. The topological polar surface area (TPSA) is 63.1 Å². The molecule has 0 aliphatic carbocycles. The van der Waals surface area contributed by atoms with Crippen LogP contribution in [0.4, 0.5) is 0 Å². The first-order chi connectivity index (χ1) is 9.74. The Bertz CT molecular complexity index is 601. The molecule has 0 saturated carbocycles. The number of nitrogens with zero attached hydrogens (tertiary/aromatic N) is 4. The molecule has 2 heterocycles. The Morgan fingerprint density at radius 3 is 3.00 bits per heavy atom. The molecule has 1 aromatic carbocycles. The lowest BCUT2D eigenvalue weighted by molar-refractivity contribution is 0.0709. The van der Waals surface area contributed by atoms with Crippen LogP contribution in [0.1, 0.15) is 17.3 Å². The fraction of sp³-hybridized carbons (Fsp3) is 0.357. The SMILES string of the molecule is C[C@@H]1CN(C(=O)c2cccc(-n3ccnn3)c2)CCN1.Cl. The Morgan fingerprint density at radius 2 is 2.29 bits per heavy atom. The van der Waals surface area contributed by atoms with Gasteiger partial charge in [0.1, 0.15) is 0 Å². The third-order valence-corrected chi connectivity index (χ3v) is 3.44. The molecule has 1 amide bonds. The van der Waals surface area contributed by atoms with Crippen LogP contribution in [0, 0.1) is 0 Å². The lowest BCUT2D eigenvalue weighted by Crippen LogP contribution is -2.51. The van der Waals surface area contributed by atoms with Crippen LogP contribution >= 0.6 is 12.4 Å². The second-order valence-electron chi connectivity index (χ2n) is 5.00. The third-order valence-electron chi connectivity index (χ3n) is 3.44. The average molecular weight is 308 g/mol. The van der Waals surface area contributed by atoms with E-state index in [1.165, 1.54) is 0 Å². The van der Waals surface area contributed by atoms with E-state index in [0.29, 0.717) is 11.6 Å². The average Bonchev–Trinajstić information content (AvgIpc) is 3.01. The van der Waals surface area contributed by atoms with Crippen LogP contribution in [0.3, 0.4) is 0 Å². The normalized spacial score (nSPS) is 18.1. The van der Waals surface area contributed by atoms with Gasteiger partial charge >= 0.3 is 0 Å². The predicted molar refractivity (Wildman–Crippen MR) is 82.0 cm³/mol. The summed E-state index contributed by atoms with van der Waals surface area (Å²) in [7, 11) is 0. The van der Waals surface area contributed by atoms with Gasteiger partial charge < -0.3 is 10.2 Å². The summed E-state index contributed by atoms with van der Waals surface area (Å²) in [5, 5.41) is 11.1. The van der Waals surface area contributed by atoms with Gasteiger partial charge in [-0.15, -0.1) is 17.5 Å². The first-order valence-corrected chi connectivity index (χ1v) is 6.73. The molecule has 0 bridgehead atoms. The molecule has 112 valence electrons. The van der Waals surface area contributed by atoms with Crippen LogP contribution in [0.5, 0.6) is 0 Å². The molecule has 1 fully saturated rings. The molecule has 21 heavy (non-hydrogen) atoms. The van der Waals surface area contributed by atoms with Crippen molar-refractivity contribution in [2.24, 2.45) is 0 Å². The molecular weight excluding hydrogens is 290 g/mol. The van der Waals surface area contributed by atoms with Crippen LogP contribution < -0.4 is 5.32 Å². The van der Waals surface area contributed by atoms with Crippen molar-refractivity contribution in [3.63, 3.8) is 0 Å². The first kappa shape index (κ1) is 15.5. The lowest BCUT2D eigenvalue weighted by Gasteiger charge is -2.32. The van der Waals surface area contributed by atoms with Crippen molar-refractivity contribution >= 4 is 18.3 Å². The number of aromatic nitrogens is 3. The maximum absolute atomic E-state index is 12.5. The van der Waals surface area contributed by atoms with E-state index in [-0.39, 0.29) is 18.3 Å². The van der Waals surface area contributed by atoms with Gasteiger partial charge in [-0.25, -0.2) is 4.68 Å². The summed E-state index contributed by atoms with van der Waals surface area (Å²) in [4.78, 5) is 14.4. The Hall–Kier alpha value is -1.92. The van der Waals surface area contributed by atoms with Gasteiger partial charge in [0, 0.05) is 31.2 Å². The molecule has 3 rings (SSSR count). The molecular formula is C14H18ClN5O. The van der Waals surface area contributed by atoms with E-state index in [4.69, 9.17) is 0 Å². The highest BCUT2D eigenvalue weighted by atomic mass is 35.5. The minimum Gasteiger partial charge on any atom is -0.336 e. The van der Waals surface area contributed by atoms with Crippen LogP contribution in [0.25, 0.3) is 5.69 Å². The van der Waals surface area contributed by atoms with E-state index in [2.05, 4.69) is 22.6 Å². The van der Waals surface area contributed by atoms with Gasteiger partial charge in [0.05, 0.1) is 18.1 Å². The van der Waals surface area contributed by atoms with Gasteiger partial charge in [0.15, 0.2) is 0 Å². The van der Waals surface area contributed by atoms with E-state index >= 15 is 0 Å². The molecule has 1 atom stereocenters. The smallest absolute Gasteiger partial charge is 0.254 e. The molecule has 0 radical (unpaired) electrons. The number of hydrogen-bond acceptors (Lipinski definition) is 4. The maximum Gasteiger partial charge on any atom is 0.254 e.